The van der Waals surface area contributed by atoms with Crippen LogP contribution in [0.4, 0.5) is 8.78 Å². The van der Waals surface area contributed by atoms with E-state index in [1.54, 1.807) is 18.2 Å². The molecule has 1 unspecified atom stereocenters. The molecule has 0 saturated heterocycles. The van der Waals surface area contributed by atoms with Gasteiger partial charge in [-0.25, -0.2) is 8.78 Å². The van der Waals surface area contributed by atoms with Crippen LogP contribution in [0.25, 0.3) is 0 Å². The quantitative estimate of drug-likeness (QED) is 0.641. The number of hydrogen-bond donors (Lipinski definition) is 0. The molecule has 0 fully saturated rings. The van der Waals surface area contributed by atoms with Crippen LogP contribution >= 0.6 is 11.6 Å². The maximum atomic E-state index is 14.5. The summed E-state index contributed by atoms with van der Waals surface area (Å²) >= 11 is 5.92. The molecule has 0 nitrogen and oxygen atoms in total. The van der Waals surface area contributed by atoms with Crippen molar-refractivity contribution < 1.29 is 8.78 Å². The predicted octanol–water partition coefficient (Wildman–Crippen LogP) is 6.09. The summed E-state index contributed by atoms with van der Waals surface area (Å²) in [6.45, 7) is 5.81. The fraction of sp³-hybridized carbons (Fsp3) is 0.333. The molecule has 0 radical (unpaired) electrons. The third-order valence-corrected chi connectivity index (χ3v) is 3.98. The highest BCUT2D eigenvalue weighted by atomic mass is 35.5. The predicted molar refractivity (Wildman–Crippen MR) is 84.0 cm³/mol. The second kappa shape index (κ2) is 6.57. The molecule has 0 aromatic heterocycles. The molecular weight excluding hydrogens is 290 g/mol. The van der Waals surface area contributed by atoms with Gasteiger partial charge in [-0.3, -0.25) is 0 Å². The van der Waals surface area contributed by atoms with Gasteiger partial charge in [-0.2, -0.15) is 0 Å². The van der Waals surface area contributed by atoms with Crippen molar-refractivity contribution >= 4 is 11.6 Å². The molecule has 21 heavy (non-hydrogen) atoms. The van der Waals surface area contributed by atoms with Gasteiger partial charge >= 0.3 is 0 Å². The van der Waals surface area contributed by atoms with Crippen molar-refractivity contribution in [3.05, 3.63) is 69.7 Å². The van der Waals surface area contributed by atoms with Gasteiger partial charge in [-0.15, -0.1) is 0 Å². The topological polar surface area (TPSA) is 0 Å². The van der Waals surface area contributed by atoms with Gasteiger partial charge in [-0.1, -0.05) is 50.6 Å². The third-order valence-electron chi connectivity index (χ3n) is 3.75. The van der Waals surface area contributed by atoms with E-state index < -0.39 is 0 Å². The first kappa shape index (κ1) is 16.0. The third kappa shape index (κ3) is 3.62. The van der Waals surface area contributed by atoms with E-state index in [1.807, 2.05) is 26.8 Å². The molecule has 3 heteroatoms. The summed E-state index contributed by atoms with van der Waals surface area (Å²) < 4.78 is 28.3. The minimum atomic E-state index is -0.299. The van der Waals surface area contributed by atoms with Gasteiger partial charge in [0.15, 0.2) is 0 Å². The molecule has 0 saturated carbocycles. The van der Waals surface area contributed by atoms with Crippen molar-refractivity contribution in [1.82, 2.24) is 0 Å². The fourth-order valence-electron chi connectivity index (χ4n) is 2.54. The Morgan fingerprint density at radius 2 is 1.71 bits per heavy atom. The highest BCUT2D eigenvalue weighted by Crippen LogP contribution is 2.28. The zero-order chi connectivity index (χ0) is 15.6. The maximum Gasteiger partial charge on any atom is 0.129 e. The Bertz CT molecular complexity index is 635. The number of hydrogen-bond acceptors (Lipinski definition) is 0. The van der Waals surface area contributed by atoms with Crippen LogP contribution in [0, 0.1) is 11.6 Å². The number of halogens is 3. The molecule has 2 rings (SSSR count). The standard InChI is InChI=1S/C18H19ClF2/c1-11(2)15-6-4-5-13(18(15)21)9-12(3)16-10-14(19)7-8-17(16)20/h4-8,10-12H,9H2,1-3H3. The van der Waals surface area contributed by atoms with Crippen LogP contribution in [-0.2, 0) is 6.42 Å². The summed E-state index contributed by atoms with van der Waals surface area (Å²) in [6, 6.07) is 9.91. The van der Waals surface area contributed by atoms with Crippen molar-refractivity contribution in [3.63, 3.8) is 0 Å². The Balaban J connectivity index is 2.29. The van der Waals surface area contributed by atoms with Gasteiger partial charge in [0, 0.05) is 5.02 Å². The molecule has 2 aromatic rings. The Kier molecular flexibility index (Phi) is 5.00. The Hall–Kier alpha value is -1.41. The van der Waals surface area contributed by atoms with E-state index in [1.165, 1.54) is 12.1 Å². The van der Waals surface area contributed by atoms with Crippen LogP contribution in [0.5, 0.6) is 0 Å². The monoisotopic (exact) mass is 308 g/mol. The maximum absolute atomic E-state index is 14.5. The molecule has 0 aliphatic heterocycles. The summed E-state index contributed by atoms with van der Waals surface area (Å²) in [7, 11) is 0. The van der Waals surface area contributed by atoms with Gasteiger partial charge < -0.3 is 0 Å². The van der Waals surface area contributed by atoms with Crippen LogP contribution < -0.4 is 0 Å². The Labute approximate surface area is 129 Å². The van der Waals surface area contributed by atoms with E-state index in [-0.39, 0.29) is 23.5 Å². The average Bonchev–Trinajstić information content (AvgIpc) is 2.43. The van der Waals surface area contributed by atoms with Crippen molar-refractivity contribution in [1.29, 1.82) is 0 Å². The van der Waals surface area contributed by atoms with Gasteiger partial charge in [0.25, 0.3) is 0 Å². The van der Waals surface area contributed by atoms with Crippen LogP contribution in [0.2, 0.25) is 5.02 Å². The lowest BCUT2D eigenvalue weighted by molar-refractivity contribution is 0.559. The van der Waals surface area contributed by atoms with E-state index in [2.05, 4.69) is 0 Å². The molecule has 0 aliphatic rings. The number of benzene rings is 2. The van der Waals surface area contributed by atoms with Crippen LogP contribution in [0.3, 0.4) is 0 Å². The summed E-state index contributed by atoms with van der Waals surface area (Å²) in [6.07, 6.45) is 0.448. The van der Waals surface area contributed by atoms with Crippen molar-refractivity contribution in [3.8, 4) is 0 Å². The summed E-state index contributed by atoms with van der Waals surface area (Å²) in [4.78, 5) is 0. The van der Waals surface area contributed by atoms with Crippen molar-refractivity contribution in [2.75, 3.05) is 0 Å². The van der Waals surface area contributed by atoms with E-state index in [0.717, 1.165) is 0 Å². The zero-order valence-electron chi connectivity index (χ0n) is 12.5. The minimum Gasteiger partial charge on any atom is -0.207 e. The smallest absolute Gasteiger partial charge is 0.129 e. The second-order valence-corrected chi connectivity index (χ2v) is 6.18. The molecular formula is C18H19ClF2. The van der Waals surface area contributed by atoms with Crippen LogP contribution in [0.15, 0.2) is 36.4 Å². The molecule has 2 aromatic carbocycles. The lowest BCUT2D eigenvalue weighted by atomic mass is 9.91. The molecule has 0 heterocycles. The molecule has 0 aliphatic carbocycles. The first-order chi connectivity index (χ1) is 9.90. The minimum absolute atomic E-state index is 0.128. The normalized spacial score (nSPS) is 12.7. The SMILES string of the molecule is CC(C)c1cccc(CC(C)c2cc(Cl)ccc2F)c1F. The Morgan fingerprint density at radius 3 is 2.38 bits per heavy atom. The molecule has 1 atom stereocenters. The first-order valence-corrected chi connectivity index (χ1v) is 7.50. The summed E-state index contributed by atoms with van der Waals surface area (Å²) in [5, 5.41) is 0.495. The van der Waals surface area contributed by atoms with Crippen molar-refractivity contribution in [2.45, 2.75) is 39.0 Å². The van der Waals surface area contributed by atoms with Gasteiger partial charge in [0.2, 0.25) is 0 Å². The zero-order valence-corrected chi connectivity index (χ0v) is 13.2. The van der Waals surface area contributed by atoms with Gasteiger partial charge in [-0.05, 0) is 53.1 Å². The van der Waals surface area contributed by atoms with Gasteiger partial charge in [0.05, 0.1) is 0 Å². The summed E-state index contributed by atoms with van der Waals surface area (Å²) in [5.41, 5.74) is 1.84. The van der Waals surface area contributed by atoms with E-state index >= 15 is 0 Å². The Morgan fingerprint density at radius 1 is 1.00 bits per heavy atom. The highest BCUT2D eigenvalue weighted by molar-refractivity contribution is 6.30. The lowest BCUT2D eigenvalue weighted by Gasteiger charge is -2.16. The lowest BCUT2D eigenvalue weighted by Crippen LogP contribution is -2.05. The molecule has 112 valence electrons. The summed E-state index contributed by atoms with van der Waals surface area (Å²) in [5.74, 6) is -0.488. The van der Waals surface area contributed by atoms with Crippen LogP contribution in [0.1, 0.15) is 49.3 Å². The first-order valence-electron chi connectivity index (χ1n) is 7.12. The largest absolute Gasteiger partial charge is 0.207 e. The highest BCUT2D eigenvalue weighted by Gasteiger charge is 2.16. The fourth-order valence-corrected chi connectivity index (χ4v) is 2.72. The molecule has 0 amide bonds. The molecule has 0 bridgehead atoms. The van der Waals surface area contributed by atoms with E-state index in [0.29, 0.717) is 28.1 Å². The van der Waals surface area contributed by atoms with Crippen molar-refractivity contribution in [2.24, 2.45) is 0 Å². The van der Waals surface area contributed by atoms with E-state index in [9.17, 15) is 8.78 Å². The van der Waals surface area contributed by atoms with Gasteiger partial charge in [0.1, 0.15) is 11.6 Å². The van der Waals surface area contributed by atoms with Crippen LogP contribution in [-0.4, -0.2) is 0 Å². The average molecular weight is 309 g/mol. The number of rotatable bonds is 4. The van der Waals surface area contributed by atoms with E-state index in [4.69, 9.17) is 11.6 Å². The molecule has 0 spiro atoms. The molecule has 0 N–H and O–H groups in total. The second-order valence-electron chi connectivity index (χ2n) is 5.75.